The van der Waals surface area contributed by atoms with Crippen LogP contribution in [0.5, 0.6) is 11.5 Å². The molecule has 0 spiro atoms. The minimum Gasteiger partial charge on any atom is -0.388 e. The Bertz CT molecular complexity index is 679. The number of rotatable bonds is 4. The number of hydrogen-bond acceptors (Lipinski definition) is 4. The van der Waals surface area contributed by atoms with Crippen molar-refractivity contribution in [1.29, 1.82) is 10.5 Å². The number of benzene rings is 2. The molecule has 0 aromatic heterocycles. The van der Waals surface area contributed by atoms with Crippen LogP contribution < -0.4 is 9.47 Å². The lowest BCUT2D eigenvalue weighted by Crippen LogP contribution is -2.12. The molecule has 1 saturated carbocycles. The molecular formula is C20H18N2O2. The maximum atomic E-state index is 8.53. The van der Waals surface area contributed by atoms with Gasteiger partial charge in [0.15, 0.2) is 0 Å². The van der Waals surface area contributed by atoms with Crippen molar-refractivity contribution in [2.45, 2.75) is 37.5 Å². The van der Waals surface area contributed by atoms with Crippen molar-refractivity contribution < 1.29 is 9.47 Å². The molecule has 0 saturated heterocycles. The molecular weight excluding hydrogens is 300 g/mol. The van der Waals surface area contributed by atoms with Crippen molar-refractivity contribution in [3.05, 3.63) is 59.7 Å². The lowest BCUT2D eigenvalue weighted by molar-refractivity contribution is 0.396. The Morgan fingerprint density at radius 1 is 0.625 bits per heavy atom. The van der Waals surface area contributed by atoms with Gasteiger partial charge in [-0.25, -0.2) is 0 Å². The van der Waals surface area contributed by atoms with Gasteiger partial charge in [0.05, 0.1) is 0 Å². The van der Waals surface area contributed by atoms with Crippen LogP contribution in [-0.2, 0) is 0 Å². The number of hydrogen-bond donors (Lipinski definition) is 0. The van der Waals surface area contributed by atoms with E-state index in [9.17, 15) is 0 Å². The third-order valence-corrected chi connectivity index (χ3v) is 4.76. The summed E-state index contributed by atoms with van der Waals surface area (Å²) in [6.45, 7) is 0. The molecule has 4 heteroatoms. The van der Waals surface area contributed by atoms with Gasteiger partial charge in [-0.1, -0.05) is 24.3 Å². The van der Waals surface area contributed by atoms with E-state index in [1.54, 1.807) is 12.5 Å². The number of nitrogens with zero attached hydrogens (tertiary/aromatic N) is 2. The zero-order valence-corrected chi connectivity index (χ0v) is 13.3. The predicted molar refractivity (Wildman–Crippen MR) is 89.3 cm³/mol. The standard InChI is InChI=1S/C20H18N2O2/c21-13-23-19-9-5-17(6-10-19)15-1-2-16(4-3-15)18-7-11-20(12-8-18)24-14-22/h5-12,15-16H,1-4H2. The Kier molecular flexibility index (Phi) is 4.99. The van der Waals surface area contributed by atoms with Gasteiger partial charge in [0.25, 0.3) is 12.5 Å². The van der Waals surface area contributed by atoms with E-state index in [1.807, 2.05) is 24.3 Å². The van der Waals surface area contributed by atoms with E-state index in [-0.39, 0.29) is 0 Å². The lowest BCUT2D eigenvalue weighted by Gasteiger charge is -2.29. The fourth-order valence-corrected chi connectivity index (χ4v) is 3.48. The molecule has 0 N–H and O–H groups in total. The van der Waals surface area contributed by atoms with Crippen molar-refractivity contribution >= 4 is 0 Å². The summed E-state index contributed by atoms with van der Waals surface area (Å²) in [5, 5.41) is 17.1. The van der Waals surface area contributed by atoms with Gasteiger partial charge in [-0.05, 0) is 72.9 Å². The van der Waals surface area contributed by atoms with E-state index in [1.165, 1.54) is 11.1 Å². The van der Waals surface area contributed by atoms with E-state index < -0.39 is 0 Å². The summed E-state index contributed by atoms with van der Waals surface area (Å²) in [4.78, 5) is 0. The first-order valence-corrected chi connectivity index (χ1v) is 8.12. The second kappa shape index (κ2) is 7.53. The highest BCUT2D eigenvalue weighted by molar-refractivity contribution is 5.32. The van der Waals surface area contributed by atoms with Crippen LogP contribution in [0.2, 0.25) is 0 Å². The molecule has 4 nitrogen and oxygen atoms in total. The predicted octanol–water partition coefficient (Wildman–Crippen LogP) is 4.85. The lowest BCUT2D eigenvalue weighted by atomic mass is 9.76. The van der Waals surface area contributed by atoms with Crippen molar-refractivity contribution in [2.24, 2.45) is 0 Å². The molecule has 0 aliphatic heterocycles. The molecule has 2 aromatic rings. The van der Waals surface area contributed by atoms with Crippen LogP contribution in [0.15, 0.2) is 48.5 Å². The van der Waals surface area contributed by atoms with Crippen LogP contribution in [0.4, 0.5) is 0 Å². The summed E-state index contributed by atoms with van der Waals surface area (Å²) in [5.74, 6) is 2.32. The summed E-state index contributed by atoms with van der Waals surface area (Å²) in [7, 11) is 0. The van der Waals surface area contributed by atoms with Gasteiger partial charge in [-0.15, -0.1) is 10.5 Å². The second-order valence-electron chi connectivity index (χ2n) is 6.07. The highest BCUT2D eigenvalue weighted by atomic mass is 16.5. The largest absolute Gasteiger partial charge is 0.388 e. The summed E-state index contributed by atoms with van der Waals surface area (Å²) in [6, 6.07) is 15.7. The third-order valence-electron chi connectivity index (χ3n) is 4.76. The molecule has 0 heterocycles. The van der Waals surface area contributed by atoms with Crippen molar-refractivity contribution in [1.82, 2.24) is 0 Å². The first-order chi connectivity index (χ1) is 11.8. The van der Waals surface area contributed by atoms with E-state index in [0.29, 0.717) is 23.3 Å². The highest BCUT2D eigenvalue weighted by Crippen LogP contribution is 2.40. The Balaban J connectivity index is 1.59. The number of ether oxygens (including phenoxy) is 2. The van der Waals surface area contributed by atoms with Crippen LogP contribution >= 0.6 is 0 Å². The van der Waals surface area contributed by atoms with E-state index >= 15 is 0 Å². The molecule has 0 atom stereocenters. The Labute approximate surface area is 141 Å². The van der Waals surface area contributed by atoms with Crippen molar-refractivity contribution in [3.8, 4) is 24.0 Å². The molecule has 1 aliphatic rings. The Morgan fingerprint density at radius 2 is 0.958 bits per heavy atom. The van der Waals surface area contributed by atoms with Gasteiger partial charge in [0.2, 0.25) is 0 Å². The molecule has 2 aromatic carbocycles. The molecule has 0 amide bonds. The SMILES string of the molecule is N#COc1ccc(C2CCC(c3ccc(OC#N)cc3)CC2)cc1. The fourth-order valence-electron chi connectivity index (χ4n) is 3.48. The first-order valence-electron chi connectivity index (χ1n) is 8.12. The van der Waals surface area contributed by atoms with Gasteiger partial charge < -0.3 is 9.47 Å². The minimum absolute atomic E-state index is 0.568. The maximum absolute atomic E-state index is 8.53. The number of nitriles is 2. The Hall–Kier alpha value is -2.98. The van der Waals surface area contributed by atoms with Crippen LogP contribution in [0.3, 0.4) is 0 Å². The second-order valence-corrected chi connectivity index (χ2v) is 6.07. The normalized spacial score (nSPS) is 19.8. The zero-order valence-electron chi connectivity index (χ0n) is 13.3. The van der Waals surface area contributed by atoms with E-state index in [4.69, 9.17) is 20.0 Å². The van der Waals surface area contributed by atoms with Crippen LogP contribution in [0.1, 0.15) is 48.6 Å². The molecule has 1 aliphatic carbocycles. The topological polar surface area (TPSA) is 66.0 Å². The molecule has 3 rings (SSSR count). The summed E-state index contributed by atoms with van der Waals surface area (Å²) >= 11 is 0. The molecule has 0 unspecified atom stereocenters. The average molecular weight is 318 g/mol. The molecule has 120 valence electrons. The zero-order chi connectivity index (χ0) is 16.8. The highest BCUT2D eigenvalue weighted by Gasteiger charge is 2.23. The van der Waals surface area contributed by atoms with Crippen LogP contribution in [0, 0.1) is 23.0 Å². The van der Waals surface area contributed by atoms with Crippen LogP contribution in [0.25, 0.3) is 0 Å². The smallest absolute Gasteiger partial charge is 0.292 e. The molecule has 0 radical (unpaired) electrons. The monoisotopic (exact) mass is 318 g/mol. The summed E-state index contributed by atoms with van der Waals surface area (Å²) < 4.78 is 9.65. The quantitative estimate of drug-likeness (QED) is 0.756. The van der Waals surface area contributed by atoms with E-state index in [2.05, 4.69) is 24.3 Å². The molecule has 24 heavy (non-hydrogen) atoms. The molecule has 0 bridgehead atoms. The summed E-state index contributed by atoms with van der Waals surface area (Å²) in [5.41, 5.74) is 2.63. The van der Waals surface area contributed by atoms with E-state index in [0.717, 1.165) is 25.7 Å². The van der Waals surface area contributed by atoms with Crippen molar-refractivity contribution in [2.75, 3.05) is 0 Å². The third kappa shape index (κ3) is 3.67. The fraction of sp³-hybridized carbons (Fsp3) is 0.300. The first kappa shape index (κ1) is 15.9. The average Bonchev–Trinajstić information content (AvgIpc) is 2.64. The van der Waals surface area contributed by atoms with Gasteiger partial charge in [-0.3, -0.25) is 0 Å². The van der Waals surface area contributed by atoms with Gasteiger partial charge in [-0.2, -0.15) is 0 Å². The maximum Gasteiger partial charge on any atom is 0.292 e. The van der Waals surface area contributed by atoms with Crippen molar-refractivity contribution in [3.63, 3.8) is 0 Å². The summed E-state index contributed by atoms with van der Waals surface area (Å²) in [6.07, 6.45) is 7.99. The van der Waals surface area contributed by atoms with Crippen LogP contribution in [-0.4, -0.2) is 0 Å². The Morgan fingerprint density at radius 3 is 1.25 bits per heavy atom. The minimum atomic E-state index is 0.568. The van der Waals surface area contributed by atoms with Gasteiger partial charge >= 0.3 is 0 Å². The molecule has 1 fully saturated rings. The van der Waals surface area contributed by atoms with Gasteiger partial charge in [0, 0.05) is 0 Å². The van der Waals surface area contributed by atoms with Gasteiger partial charge in [0.1, 0.15) is 11.5 Å².